The van der Waals surface area contributed by atoms with E-state index in [1.54, 1.807) is 6.20 Å². The van der Waals surface area contributed by atoms with Crippen LogP contribution in [0.25, 0.3) is 0 Å². The predicted octanol–water partition coefficient (Wildman–Crippen LogP) is 4.12. The van der Waals surface area contributed by atoms with Crippen LogP contribution < -0.4 is 4.90 Å². The van der Waals surface area contributed by atoms with Gasteiger partial charge >= 0.3 is 0 Å². The number of hydrogen-bond donors (Lipinski definition) is 0. The summed E-state index contributed by atoms with van der Waals surface area (Å²) in [5, 5.41) is 0.677. The first kappa shape index (κ1) is 12.2. The summed E-state index contributed by atoms with van der Waals surface area (Å²) < 4.78 is 0.993. The zero-order valence-electron chi connectivity index (χ0n) is 9.58. The van der Waals surface area contributed by atoms with Crippen molar-refractivity contribution < 1.29 is 0 Å². The number of anilines is 1. The number of aromatic nitrogens is 1. The van der Waals surface area contributed by atoms with E-state index in [2.05, 4.69) is 39.7 Å². The van der Waals surface area contributed by atoms with Gasteiger partial charge in [0.15, 0.2) is 0 Å². The fourth-order valence-electron chi connectivity index (χ4n) is 2.37. The van der Waals surface area contributed by atoms with Crippen LogP contribution in [0.4, 0.5) is 5.82 Å². The van der Waals surface area contributed by atoms with Gasteiger partial charge in [-0.3, -0.25) is 0 Å². The molecule has 1 atom stereocenters. The van der Waals surface area contributed by atoms with Crippen LogP contribution in [-0.2, 0) is 0 Å². The average molecular weight is 304 g/mol. The highest BCUT2D eigenvalue weighted by atomic mass is 79.9. The van der Waals surface area contributed by atoms with E-state index in [-0.39, 0.29) is 0 Å². The topological polar surface area (TPSA) is 16.1 Å². The maximum Gasteiger partial charge on any atom is 0.143 e. The molecule has 1 aromatic rings. The molecule has 0 saturated carbocycles. The zero-order chi connectivity index (χ0) is 11.7. The molecule has 0 bridgehead atoms. The highest BCUT2D eigenvalue weighted by Crippen LogP contribution is 2.33. The van der Waals surface area contributed by atoms with Crippen LogP contribution in [0.1, 0.15) is 26.7 Å². The fourth-order valence-corrected chi connectivity index (χ4v) is 3.23. The van der Waals surface area contributed by atoms with E-state index in [9.17, 15) is 0 Å². The Kier molecular flexibility index (Phi) is 3.75. The second-order valence-corrected chi connectivity index (χ2v) is 5.90. The molecule has 1 fully saturated rings. The third-order valence-corrected chi connectivity index (χ3v) is 3.92. The van der Waals surface area contributed by atoms with Crippen molar-refractivity contribution in [3.8, 4) is 0 Å². The van der Waals surface area contributed by atoms with Gasteiger partial charge in [0, 0.05) is 18.8 Å². The Bertz CT molecular complexity index is 381. The maximum absolute atomic E-state index is 5.91. The molecule has 1 aliphatic rings. The van der Waals surface area contributed by atoms with Crippen molar-refractivity contribution in [1.82, 2.24) is 4.98 Å². The third-order valence-electron chi connectivity index (χ3n) is 3.13. The van der Waals surface area contributed by atoms with E-state index >= 15 is 0 Å². The Morgan fingerprint density at radius 1 is 1.56 bits per heavy atom. The lowest BCUT2D eigenvalue weighted by Gasteiger charge is -2.29. The summed E-state index contributed by atoms with van der Waals surface area (Å²) in [7, 11) is 0. The fraction of sp³-hybridized carbons (Fsp3) is 0.583. The Balaban J connectivity index is 2.29. The summed E-state index contributed by atoms with van der Waals surface area (Å²) >= 11 is 9.46. The minimum absolute atomic E-state index is 0.602. The number of rotatable bonds is 2. The second kappa shape index (κ2) is 4.92. The standard InChI is InChI=1S/C12H16BrClN2/c1-8(2)11-4-3-5-16(11)12-10(13)6-9(14)7-15-12/h6-8,11H,3-5H2,1-2H3. The highest BCUT2D eigenvalue weighted by Gasteiger charge is 2.29. The van der Waals surface area contributed by atoms with E-state index in [4.69, 9.17) is 11.6 Å². The SMILES string of the molecule is CC(C)C1CCCN1c1ncc(Cl)cc1Br. The maximum atomic E-state index is 5.91. The smallest absolute Gasteiger partial charge is 0.143 e. The van der Waals surface area contributed by atoms with Crippen molar-refractivity contribution in [1.29, 1.82) is 0 Å². The molecule has 0 N–H and O–H groups in total. The van der Waals surface area contributed by atoms with E-state index in [0.717, 1.165) is 16.8 Å². The zero-order valence-corrected chi connectivity index (χ0v) is 11.9. The molecule has 0 aliphatic carbocycles. The molecule has 16 heavy (non-hydrogen) atoms. The van der Waals surface area contributed by atoms with Crippen LogP contribution in [0.5, 0.6) is 0 Å². The summed E-state index contributed by atoms with van der Waals surface area (Å²) in [4.78, 5) is 6.83. The molecule has 2 heterocycles. The quantitative estimate of drug-likeness (QED) is 0.817. The summed E-state index contributed by atoms with van der Waals surface area (Å²) in [5.74, 6) is 1.69. The van der Waals surface area contributed by atoms with Gasteiger partial charge in [0.1, 0.15) is 5.82 Å². The number of halogens is 2. The second-order valence-electron chi connectivity index (χ2n) is 4.61. The summed E-state index contributed by atoms with van der Waals surface area (Å²) in [6.07, 6.45) is 4.23. The number of nitrogens with zero attached hydrogens (tertiary/aromatic N) is 2. The highest BCUT2D eigenvalue weighted by molar-refractivity contribution is 9.10. The molecule has 0 spiro atoms. The first-order valence-electron chi connectivity index (χ1n) is 5.67. The van der Waals surface area contributed by atoms with Gasteiger partial charge in [0.2, 0.25) is 0 Å². The number of hydrogen-bond acceptors (Lipinski definition) is 2. The van der Waals surface area contributed by atoms with Crippen LogP contribution in [0, 0.1) is 5.92 Å². The largest absolute Gasteiger partial charge is 0.352 e. The van der Waals surface area contributed by atoms with E-state index in [1.807, 2.05) is 6.07 Å². The summed E-state index contributed by atoms with van der Waals surface area (Å²) in [6.45, 7) is 5.63. The van der Waals surface area contributed by atoms with Crippen molar-refractivity contribution in [3.63, 3.8) is 0 Å². The first-order chi connectivity index (χ1) is 7.59. The van der Waals surface area contributed by atoms with Crippen LogP contribution in [-0.4, -0.2) is 17.6 Å². The minimum Gasteiger partial charge on any atom is -0.352 e. The van der Waals surface area contributed by atoms with E-state index < -0.39 is 0 Å². The molecular formula is C12H16BrClN2. The lowest BCUT2D eigenvalue weighted by Crippen LogP contribution is -2.34. The van der Waals surface area contributed by atoms with Gasteiger partial charge in [-0.2, -0.15) is 0 Å². The predicted molar refractivity (Wildman–Crippen MR) is 72.2 cm³/mol. The van der Waals surface area contributed by atoms with Crippen LogP contribution in [0.3, 0.4) is 0 Å². The van der Waals surface area contributed by atoms with Crippen LogP contribution in [0.15, 0.2) is 16.7 Å². The van der Waals surface area contributed by atoms with Gasteiger partial charge in [-0.25, -0.2) is 4.98 Å². The third kappa shape index (κ3) is 2.35. The van der Waals surface area contributed by atoms with E-state index in [1.165, 1.54) is 12.8 Å². The van der Waals surface area contributed by atoms with Gasteiger partial charge in [-0.15, -0.1) is 0 Å². The molecule has 0 radical (unpaired) electrons. The molecule has 1 aliphatic heterocycles. The van der Waals surface area contributed by atoms with Crippen molar-refractivity contribution in [3.05, 3.63) is 21.8 Å². The Morgan fingerprint density at radius 2 is 2.31 bits per heavy atom. The van der Waals surface area contributed by atoms with Crippen LogP contribution >= 0.6 is 27.5 Å². The number of pyridine rings is 1. The summed E-state index contributed by atoms with van der Waals surface area (Å²) in [5.41, 5.74) is 0. The molecule has 1 unspecified atom stereocenters. The van der Waals surface area contributed by atoms with Crippen molar-refractivity contribution in [2.45, 2.75) is 32.7 Å². The molecule has 4 heteroatoms. The molecule has 88 valence electrons. The van der Waals surface area contributed by atoms with E-state index in [0.29, 0.717) is 17.0 Å². The Morgan fingerprint density at radius 3 is 2.94 bits per heavy atom. The normalized spacial score (nSPS) is 20.8. The van der Waals surface area contributed by atoms with Crippen molar-refractivity contribution >= 4 is 33.3 Å². The van der Waals surface area contributed by atoms with Gasteiger partial charge < -0.3 is 4.90 Å². The van der Waals surface area contributed by atoms with Crippen LogP contribution in [0.2, 0.25) is 5.02 Å². The molecular weight excluding hydrogens is 288 g/mol. The molecule has 0 amide bonds. The molecule has 1 aromatic heterocycles. The Labute approximate surface area is 110 Å². The van der Waals surface area contributed by atoms with Gasteiger partial charge in [0.05, 0.1) is 9.50 Å². The molecule has 0 aromatic carbocycles. The molecule has 1 saturated heterocycles. The summed E-state index contributed by atoms with van der Waals surface area (Å²) in [6, 6.07) is 2.52. The van der Waals surface area contributed by atoms with Crippen molar-refractivity contribution in [2.24, 2.45) is 5.92 Å². The van der Waals surface area contributed by atoms with Gasteiger partial charge in [-0.1, -0.05) is 25.4 Å². The van der Waals surface area contributed by atoms with Crippen molar-refractivity contribution in [2.75, 3.05) is 11.4 Å². The average Bonchev–Trinajstić information content (AvgIpc) is 2.66. The Hall–Kier alpha value is -0.280. The van der Waals surface area contributed by atoms with Gasteiger partial charge in [0.25, 0.3) is 0 Å². The molecule has 2 rings (SSSR count). The first-order valence-corrected chi connectivity index (χ1v) is 6.84. The lowest BCUT2D eigenvalue weighted by molar-refractivity contribution is 0.489. The lowest BCUT2D eigenvalue weighted by atomic mass is 10.0. The van der Waals surface area contributed by atoms with Gasteiger partial charge in [-0.05, 0) is 40.8 Å². The minimum atomic E-state index is 0.602. The molecule has 2 nitrogen and oxygen atoms in total. The monoisotopic (exact) mass is 302 g/mol.